The average Bonchev–Trinajstić information content (AvgIpc) is 2.97. The third kappa shape index (κ3) is 2.96. The van der Waals surface area contributed by atoms with Crippen molar-refractivity contribution in [2.45, 2.75) is 47.7 Å². The molecule has 10 heteroatoms. The Morgan fingerprint density at radius 3 is 2.35 bits per heavy atom. The van der Waals surface area contributed by atoms with E-state index in [4.69, 9.17) is 0 Å². The van der Waals surface area contributed by atoms with Crippen molar-refractivity contribution < 1.29 is 23.1 Å². The number of hydrogen-bond donors (Lipinski definition) is 1. The molecule has 6 nitrogen and oxygen atoms in total. The number of pyridine rings is 1. The van der Waals surface area contributed by atoms with Gasteiger partial charge in [0.1, 0.15) is 6.67 Å². The highest BCUT2D eigenvalue weighted by molar-refractivity contribution is 7.98. The van der Waals surface area contributed by atoms with Crippen molar-refractivity contribution in [3.05, 3.63) is 93.4 Å². The molecule has 37 heavy (non-hydrogen) atoms. The molecule has 0 saturated heterocycles. The number of carbonyl (C=O) groups is 1. The van der Waals surface area contributed by atoms with Crippen molar-refractivity contribution in [3.8, 4) is 5.75 Å². The first kappa shape index (κ1) is 22.8. The summed E-state index contributed by atoms with van der Waals surface area (Å²) in [6, 6.07) is 16.7. The predicted octanol–water partition coefficient (Wildman–Crippen LogP) is 4.79. The molecule has 2 aliphatic heterocycles. The molecule has 3 aliphatic carbocycles. The zero-order chi connectivity index (χ0) is 25.7. The Morgan fingerprint density at radius 2 is 1.62 bits per heavy atom. The summed E-state index contributed by atoms with van der Waals surface area (Å²) in [5, 5.41) is 12.6. The van der Waals surface area contributed by atoms with E-state index in [0.717, 1.165) is 27.3 Å². The smallest absolute Gasteiger partial charge is 0.394 e. The van der Waals surface area contributed by atoms with Gasteiger partial charge in [0.05, 0.1) is 11.5 Å². The van der Waals surface area contributed by atoms with E-state index in [-0.39, 0.29) is 31.6 Å². The van der Waals surface area contributed by atoms with Gasteiger partial charge in [-0.3, -0.25) is 19.3 Å². The Hall–Kier alpha value is -3.40. The van der Waals surface area contributed by atoms with E-state index in [1.165, 1.54) is 21.8 Å². The largest absolute Gasteiger partial charge is 0.502 e. The van der Waals surface area contributed by atoms with Gasteiger partial charge in [0.2, 0.25) is 5.43 Å². The molecule has 3 fully saturated rings. The highest BCUT2D eigenvalue weighted by Gasteiger charge is 2.81. The molecule has 3 heterocycles. The van der Waals surface area contributed by atoms with Gasteiger partial charge >= 0.3 is 6.18 Å². The summed E-state index contributed by atoms with van der Waals surface area (Å²) in [7, 11) is 0. The Bertz CT molecular complexity index is 1470. The second-order valence-corrected chi connectivity index (χ2v) is 11.5. The maximum Gasteiger partial charge on any atom is 0.394 e. The van der Waals surface area contributed by atoms with Crippen LogP contribution in [0.25, 0.3) is 0 Å². The molecule has 1 amide bonds. The number of nitrogens with zero attached hydrogens (tertiary/aromatic N) is 3. The normalized spacial score (nSPS) is 27.9. The maximum atomic E-state index is 13.7. The number of carbonyl (C=O) groups excluding carboxylic acids is 1. The molecule has 8 rings (SSSR count). The molecule has 0 unspecified atom stereocenters. The first-order chi connectivity index (χ1) is 17.6. The van der Waals surface area contributed by atoms with Crippen molar-refractivity contribution >= 4 is 17.7 Å². The van der Waals surface area contributed by atoms with Crippen LogP contribution in [-0.4, -0.2) is 39.0 Å². The lowest BCUT2D eigenvalue weighted by atomic mass is 9.38. The van der Waals surface area contributed by atoms with Crippen molar-refractivity contribution in [1.82, 2.24) is 9.58 Å². The van der Waals surface area contributed by atoms with Crippen LogP contribution in [0.3, 0.4) is 0 Å². The van der Waals surface area contributed by atoms with E-state index in [1.807, 2.05) is 53.5 Å². The molecule has 1 atom stereocenters. The number of hydrogen-bond acceptors (Lipinski definition) is 5. The summed E-state index contributed by atoms with van der Waals surface area (Å²) in [4.78, 5) is 28.6. The number of fused-ring (bicyclic) bond motifs is 3. The van der Waals surface area contributed by atoms with Crippen LogP contribution in [0.2, 0.25) is 0 Å². The van der Waals surface area contributed by atoms with E-state index in [1.54, 1.807) is 11.8 Å². The standard InChI is InChI=1S/C27H22F3N3O3S/c28-27(29,30)25-12-26(13-25,14-25)31-15-33(32-10-9-19(34)23(35)22(32)24(31)36)21-17-6-2-1-5-16(17)11-37-20-8-4-3-7-18(20)21/h1-10,21,35H,11-15H2/t21-,25?,26?/m0/s1. The molecular formula is C27H22F3N3O3S. The number of aromatic hydroxyl groups is 1. The average molecular weight is 526 g/mol. The third-order valence-electron chi connectivity index (χ3n) is 8.49. The van der Waals surface area contributed by atoms with Crippen LogP contribution in [-0.2, 0) is 5.75 Å². The molecule has 5 aliphatic rings. The maximum absolute atomic E-state index is 13.7. The molecule has 1 N–H and O–H groups in total. The number of thioether (sulfide) groups is 1. The summed E-state index contributed by atoms with van der Waals surface area (Å²) in [6.45, 7) is 0.0279. The molecule has 2 bridgehead atoms. The summed E-state index contributed by atoms with van der Waals surface area (Å²) in [5.74, 6) is -0.573. The number of aromatic nitrogens is 1. The van der Waals surface area contributed by atoms with E-state index in [0.29, 0.717) is 0 Å². The molecule has 3 aromatic rings. The zero-order valence-corrected chi connectivity index (χ0v) is 20.4. The van der Waals surface area contributed by atoms with E-state index >= 15 is 0 Å². The highest BCUT2D eigenvalue weighted by Crippen LogP contribution is 2.75. The Kier molecular flexibility index (Phi) is 4.52. The minimum Gasteiger partial charge on any atom is -0.502 e. The fourth-order valence-electron chi connectivity index (χ4n) is 6.64. The number of benzene rings is 2. The fraction of sp³-hybridized carbons (Fsp3) is 0.333. The number of halogens is 3. The van der Waals surface area contributed by atoms with Gasteiger partial charge in [-0.25, -0.2) is 0 Å². The minimum absolute atomic E-state index is 0.0279. The molecule has 190 valence electrons. The van der Waals surface area contributed by atoms with Gasteiger partial charge in [0.25, 0.3) is 5.91 Å². The molecule has 0 spiro atoms. The number of amides is 1. The predicted molar refractivity (Wildman–Crippen MR) is 131 cm³/mol. The lowest BCUT2D eigenvalue weighted by Gasteiger charge is -2.74. The van der Waals surface area contributed by atoms with Crippen LogP contribution < -0.4 is 10.4 Å². The van der Waals surface area contributed by atoms with Crippen LogP contribution in [0.15, 0.2) is 70.5 Å². The zero-order valence-electron chi connectivity index (χ0n) is 19.5. The third-order valence-corrected chi connectivity index (χ3v) is 9.62. The first-order valence-corrected chi connectivity index (χ1v) is 13.0. The van der Waals surface area contributed by atoms with Crippen molar-refractivity contribution in [2.75, 3.05) is 11.7 Å². The van der Waals surface area contributed by atoms with Crippen LogP contribution >= 0.6 is 11.8 Å². The number of rotatable bonds is 2. The molecule has 0 radical (unpaired) electrons. The highest BCUT2D eigenvalue weighted by atomic mass is 32.2. The van der Waals surface area contributed by atoms with Gasteiger partial charge in [0.15, 0.2) is 11.4 Å². The molecular weight excluding hydrogens is 503 g/mol. The van der Waals surface area contributed by atoms with Crippen LogP contribution in [0, 0.1) is 5.41 Å². The van der Waals surface area contributed by atoms with E-state index < -0.39 is 40.3 Å². The van der Waals surface area contributed by atoms with Gasteiger partial charge in [-0.05, 0) is 42.0 Å². The first-order valence-electron chi connectivity index (χ1n) is 12.0. The minimum atomic E-state index is -4.32. The molecule has 3 saturated carbocycles. The Labute approximate surface area is 214 Å². The lowest BCUT2D eigenvalue weighted by Crippen LogP contribution is -2.81. The fourth-order valence-corrected chi connectivity index (χ4v) is 7.74. The van der Waals surface area contributed by atoms with Crippen molar-refractivity contribution in [3.63, 3.8) is 0 Å². The Balaban J connectivity index is 1.40. The van der Waals surface area contributed by atoms with Gasteiger partial charge in [-0.2, -0.15) is 13.2 Å². The SMILES string of the molecule is O=C1c2c(O)c(=O)ccn2N([C@H]2c3ccccc3CSc3ccccc32)CN1C12CC(C(F)(F)F)(C1)C2. The van der Waals surface area contributed by atoms with Crippen LogP contribution in [0.4, 0.5) is 13.2 Å². The summed E-state index contributed by atoms with van der Waals surface area (Å²) >= 11 is 1.70. The summed E-state index contributed by atoms with van der Waals surface area (Å²) < 4.78 is 42.5. The Morgan fingerprint density at radius 1 is 0.946 bits per heavy atom. The van der Waals surface area contributed by atoms with Gasteiger partial charge in [-0.1, -0.05) is 42.5 Å². The monoisotopic (exact) mass is 525 g/mol. The van der Waals surface area contributed by atoms with E-state index in [9.17, 15) is 27.9 Å². The van der Waals surface area contributed by atoms with Gasteiger partial charge in [-0.15, -0.1) is 11.8 Å². The molecule has 1 aromatic heterocycles. The van der Waals surface area contributed by atoms with Crippen LogP contribution in [0.1, 0.15) is 52.5 Å². The summed E-state index contributed by atoms with van der Waals surface area (Å²) in [5.41, 5.74) is -0.508. The lowest BCUT2D eigenvalue weighted by molar-refractivity contribution is -0.356. The quantitative estimate of drug-likeness (QED) is 0.522. The van der Waals surface area contributed by atoms with Gasteiger partial charge in [0, 0.05) is 28.5 Å². The van der Waals surface area contributed by atoms with E-state index in [2.05, 4.69) is 0 Å². The van der Waals surface area contributed by atoms with Gasteiger partial charge < -0.3 is 10.0 Å². The molecule has 2 aromatic carbocycles. The summed E-state index contributed by atoms with van der Waals surface area (Å²) in [6.07, 6.45) is -3.33. The second-order valence-electron chi connectivity index (χ2n) is 10.5. The van der Waals surface area contributed by atoms with Crippen LogP contribution in [0.5, 0.6) is 5.75 Å². The number of alkyl halides is 3. The van der Waals surface area contributed by atoms with Crippen molar-refractivity contribution in [1.29, 1.82) is 0 Å². The topological polar surface area (TPSA) is 65.8 Å². The van der Waals surface area contributed by atoms with Crippen molar-refractivity contribution in [2.24, 2.45) is 5.41 Å². The second kappa shape index (κ2) is 7.34.